The molecule has 0 bridgehead atoms. The smallest absolute Gasteiger partial charge is 0.120 e. The monoisotopic (exact) mass is 260 g/mol. The number of rotatable bonds is 8. The van der Waals surface area contributed by atoms with Crippen LogP contribution in [0.25, 0.3) is 0 Å². The first-order valence-corrected chi connectivity index (χ1v) is 7.95. The van der Waals surface area contributed by atoms with Crippen LogP contribution in [-0.4, -0.2) is 28.2 Å². The summed E-state index contributed by atoms with van der Waals surface area (Å²) in [7, 11) is 0. The van der Waals surface area contributed by atoms with E-state index >= 15 is 0 Å². The first-order valence-electron chi connectivity index (χ1n) is 5.98. The van der Waals surface area contributed by atoms with Gasteiger partial charge < -0.3 is 9.59 Å². The molecule has 0 unspecified atom stereocenters. The summed E-state index contributed by atoms with van der Waals surface area (Å²) in [5.74, 6) is 2.44. The maximum Gasteiger partial charge on any atom is 0.120 e. The molecule has 0 atom stereocenters. The Hall–Kier alpha value is 0.0400. The molecule has 1 aliphatic rings. The van der Waals surface area contributed by atoms with Crippen LogP contribution in [0.5, 0.6) is 0 Å². The van der Waals surface area contributed by atoms with Crippen LogP contribution in [-0.2, 0) is 9.59 Å². The number of hydrogen-bond donors (Lipinski definition) is 0. The quantitative estimate of drug-likeness (QED) is 0.495. The first-order chi connectivity index (χ1) is 7.83. The summed E-state index contributed by atoms with van der Waals surface area (Å²) in [6.07, 6.45) is 8.91. The molecule has 0 aromatic heterocycles. The minimum atomic E-state index is 0.266. The second-order valence-electron chi connectivity index (χ2n) is 4.08. The molecule has 4 heteroatoms. The van der Waals surface area contributed by atoms with E-state index in [1.807, 2.05) is 23.5 Å². The SMILES string of the molecule is O=CCCCCC1(CCC=O)SCCCS1. The van der Waals surface area contributed by atoms with Crippen LogP contribution in [0.4, 0.5) is 0 Å². The van der Waals surface area contributed by atoms with E-state index in [0.717, 1.165) is 38.3 Å². The number of unbranched alkanes of at least 4 members (excludes halogenated alkanes) is 2. The van der Waals surface area contributed by atoms with Gasteiger partial charge in [-0.15, -0.1) is 23.5 Å². The maximum absolute atomic E-state index is 10.5. The zero-order valence-corrected chi connectivity index (χ0v) is 11.3. The van der Waals surface area contributed by atoms with Crippen LogP contribution in [0.2, 0.25) is 0 Å². The van der Waals surface area contributed by atoms with E-state index in [4.69, 9.17) is 0 Å². The van der Waals surface area contributed by atoms with Crippen molar-refractivity contribution in [2.24, 2.45) is 0 Å². The van der Waals surface area contributed by atoms with Crippen molar-refractivity contribution in [3.05, 3.63) is 0 Å². The van der Waals surface area contributed by atoms with Gasteiger partial charge in [-0.05, 0) is 37.2 Å². The van der Waals surface area contributed by atoms with Crippen LogP contribution < -0.4 is 0 Å². The Kier molecular flexibility index (Phi) is 7.21. The van der Waals surface area contributed by atoms with Crippen molar-refractivity contribution in [2.45, 2.75) is 49.0 Å². The van der Waals surface area contributed by atoms with Crippen LogP contribution in [0.15, 0.2) is 0 Å². The van der Waals surface area contributed by atoms with Crippen molar-refractivity contribution in [3.8, 4) is 0 Å². The molecule has 2 nitrogen and oxygen atoms in total. The van der Waals surface area contributed by atoms with Gasteiger partial charge >= 0.3 is 0 Å². The molecule has 1 saturated heterocycles. The molecule has 16 heavy (non-hydrogen) atoms. The van der Waals surface area contributed by atoms with Gasteiger partial charge in [0, 0.05) is 12.8 Å². The van der Waals surface area contributed by atoms with Gasteiger partial charge in [0.1, 0.15) is 12.6 Å². The van der Waals surface area contributed by atoms with Crippen molar-refractivity contribution >= 4 is 36.1 Å². The fourth-order valence-electron chi connectivity index (χ4n) is 1.93. The van der Waals surface area contributed by atoms with E-state index < -0.39 is 0 Å². The molecule has 1 aliphatic heterocycles. The van der Waals surface area contributed by atoms with Crippen molar-refractivity contribution in [3.63, 3.8) is 0 Å². The highest BCUT2D eigenvalue weighted by molar-refractivity contribution is 8.18. The molecule has 0 spiro atoms. The lowest BCUT2D eigenvalue weighted by Gasteiger charge is -2.36. The standard InChI is InChI=1S/C12H20O2S2/c13-8-3-1-2-6-12(7-4-9-14)15-10-5-11-16-12/h8-9H,1-7,10-11H2. The number of carbonyl (C=O) groups is 2. The zero-order chi connectivity index (χ0) is 11.7. The molecule has 0 aromatic carbocycles. The molecular formula is C12H20O2S2. The lowest BCUT2D eigenvalue weighted by atomic mass is 10.1. The number of thioether (sulfide) groups is 2. The number of hydrogen-bond acceptors (Lipinski definition) is 4. The molecule has 0 saturated carbocycles. The van der Waals surface area contributed by atoms with E-state index in [9.17, 15) is 9.59 Å². The minimum absolute atomic E-state index is 0.266. The second-order valence-corrected chi connectivity index (χ2v) is 7.29. The zero-order valence-electron chi connectivity index (χ0n) is 9.65. The Morgan fingerprint density at radius 3 is 2.25 bits per heavy atom. The van der Waals surface area contributed by atoms with E-state index in [0.29, 0.717) is 12.8 Å². The first kappa shape index (κ1) is 14.1. The van der Waals surface area contributed by atoms with Gasteiger partial charge in [0.2, 0.25) is 0 Å². The minimum Gasteiger partial charge on any atom is -0.303 e. The Balaban J connectivity index is 2.35. The van der Waals surface area contributed by atoms with E-state index in [1.54, 1.807) is 0 Å². The highest BCUT2D eigenvalue weighted by Crippen LogP contribution is 2.48. The predicted octanol–water partition coefficient (Wildman–Crippen LogP) is 3.29. The van der Waals surface area contributed by atoms with Gasteiger partial charge in [0.15, 0.2) is 0 Å². The topological polar surface area (TPSA) is 34.1 Å². The van der Waals surface area contributed by atoms with Crippen LogP contribution in [0, 0.1) is 0 Å². The largest absolute Gasteiger partial charge is 0.303 e. The van der Waals surface area contributed by atoms with Gasteiger partial charge in [0.25, 0.3) is 0 Å². The molecule has 0 aromatic rings. The molecule has 0 radical (unpaired) electrons. The number of carbonyl (C=O) groups excluding carboxylic acids is 2. The summed E-state index contributed by atoms with van der Waals surface area (Å²) in [6, 6.07) is 0. The van der Waals surface area contributed by atoms with Gasteiger partial charge in [-0.3, -0.25) is 0 Å². The predicted molar refractivity (Wildman–Crippen MR) is 72.1 cm³/mol. The Labute approximate surface area is 106 Å². The lowest BCUT2D eigenvalue weighted by molar-refractivity contribution is -0.108. The van der Waals surface area contributed by atoms with Gasteiger partial charge in [-0.25, -0.2) is 0 Å². The number of aldehydes is 2. The van der Waals surface area contributed by atoms with Crippen LogP contribution >= 0.6 is 23.5 Å². The third kappa shape index (κ3) is 4.91. The van der Waals surface area contributed by atoms with Crippen LogP contribution in [0.3, 0.4) is 0 Å². The van der Waals surface area contributed by atoms with Crippen molar-refractivity contribution < 1.29 is 9.59 Å². The van der Waals surface area contributed by atoms with E-state index in [2.05, 4.69) is 0 Å². The second kappa shape index (κ2) is 8.18. The third-order valence-corrected chi connectivity index (χ3v) is 6.35. The van der Waals surface area contributed by atoms with Gasteiger partial charge in [-0.1, -0.05) is 6.42 Å². The lowest BCUT2D eigenvalue weighted by Crippen LogP contribution is -2.25. The average molecular weight is 260 g/mol. The molecule has 0 N–H and O–H groups in total. The van der Waals surface area contributed by atoms with Crippen molar-refractivity contribution in [1.29, 1.82) is 0 Å². The molecule has 0 amide bonds. The molecule has 0 aliphatic carbocycles. The molecule has 1 rings (SSSR count). The normalized spacial score (nSPS) is 19.2. The molecule has 92 valence electrons. The fourth-order valence-corrected chi connectivity index (χ4v) is 5.37. The van der Waals surface area contributed by atoms with Gasteiger partial charge in [0.05, 0.1) is 4.08 Å². The summed E-state index contributed by atoms with van der Waals surface area (Å²) in [5, 5.41) is 0. The third-order valence-electron chi connectivity index (χ3n) is 2.79. The molecule has 1 heterocycles. The molecule has 1 fully saturated rings. The molecular weight excluding hydrogens is 240 g/mol. The summed E-state index contributed by atoms with van der Waals surface area (Å²) >= 11 is 4.05. The summed E-state index contributed by atoms with van der Waals surface area (Å²) in [6.45, 7) is 0. The van der Waals surface area contributed by atoms with Gasteiger partial charge in [-0.2, -0.15) is 0 Å². The maximum atomic E-state index is 10.5. The Morgan fingerprint density at radius 1 is 0.938 bits per heavy atom. The summed E-state index contributed by atoms with van der Waals surface area (Å²) < 4.78 is 0.266. The summed E-state index contributed by atoms with van der Waals surface area (Å²) in [4.78, 5) is 20.8. The summed E-state index contributed by atoms with van der Waals surface area (Å²) in [5.41, 5.74) is 0. The average Bonchev–Trinajstić information content (AvgIpc) is 2.34. The Bertz CT molecular complexity index is 213. The van der Waals surface area contributed by atoms with Crippen molar-refractivity contribution in [1.82, 2.24) is 0 Å². The van der Waals surface area contributed by atoms with E-state index in [-0.39, 0.29) is 4.08 Å². The van der Waals surface area contributed by atoms with E-state index in [1.165, 1.54) is 17.9 Å². The fraction of sp³-hybridized carbons (Fsp3) is 0.833. The van der Waals surface area contributed by atoms with Crippen LogP contribution in [0.1, 0.15) is 44.9 Å². The Morgan fingerprint density at radius 2 is 1.62 bits per heavy atom. The highest BCUT2D eigenvalue weighted by Gasteiger charge is 2.32. The van der Waals surface area contributed by atoms with Crippen molar-refractivity contribution in [2.75, 3.05) is 11.5 Å². The highest BCUT2D eigenvalue weighted by atomic mass is 32.2.